The number of rotatable bonds is 3. The van der Waals surface area contributed by atoms with E-state index in [0.29, 0.717) is 5.41 Å². The van der Waals surface area contributed by atoms with Crippen LogP contribution in [0.4, 0.5) is 5.82 Å². The van der Waals surface area contributed by atoms with Crippen molar-refractivity contribution in [1.29, 1.82) is 0 Å². The zero-order valence-corrected chi connectivity index (χ0v) is 10.1. The van der Waals surface area contributed by atoms with Gasteiger partial charge in [-0.25, -0.2) is 0 Å². The quantitative estimate of drug-likeness (QED) is 0.812. The van der Waals surface area contributed by atoms with Gasteiger partial charge in [-0.05, 0) is 50.4 Å². The van der Waals surface area contributed by atoms with Crippen molar-refractivity contribution in [2.75, 3.05) is 25.0 Å². The molecule has 1 aromatic rings. The summed E-state index contributed by atoms with van der Waals surface area (Å²) >= 11 is 0. The van der Waals surface area contributed by atoms with Gasteiger partial charge in [-0.1, -0.05) is 6.92 Å². The number of hydrogen-bond donors (Lipinski definition) is 2. The number of aryl methyl sites for hydroxylation is 1. The van der Waals surface area contributed by atoms with Crippen molar-refractivity contribution in [3.63, 3.8) is 0 Å². The molecule has 0 radical (unpaired) electrons. The third-order valence-corrected chi connectivity index (χ3v) is 3.30. The molecule has 2 N–H and O–H groups in total. The molecule has 88 valence electrons. The minimum absolute atomic E-state index is 0.387. The van der Waals surface area contributed by atoms with E-state index < -0.39 is 0 Å². The van der Waals surface area contributed by atoms with Crippen LogP contribution in [-0.2, 0) is 0 Å². The van der Waals surface area contributed by atoms with E-state index >= 15 is 0 Å². The topological polar surface area (TPSA) is 49.8 Å². The standard InChI is InChI=1S/C12H20N4/c1-10-3-4-11(16-15-10)14-9-12(2)5-7-13-8-6-12/h3-4,13H,5-9H2,1-2H3,(H,14,16). The first-order valence-corrected chi connectivity index (χ1v) is 5.93. The Bertz CT molecular complexity index is 327. The van der Waals surface area contributed by atoms with Gasteiger partial charge in [0.2, 0.25) is 0 Å². The Hall–Kier alpha value is -1.16. The molecule has 0 atom stereocenters. The number of nitrogens with one attached hydrogen (secondary N) is 2. The Balaban J connectivity index is 1.88. The molecule has 1 aromatic heterocycles. The van der Waals surface area contributed by atoms with Gasteiger partial charge in [0.05, 0.1) is 5.69 Å². The molecule has 0 spiro atoms. The second-order valence-electron chi connectivity index (χ2n) is 4.97. The zero-order chi connectivity index (χ0) is 11.4. The molecule has 2 rings (SSSR count). The molecule has 1 fully saturated rings. The fourth-order valence-electron chi connectivity index (χ4n) is 2.00. The molecular weight excluding hydrogens is 200 g/mol. The number of hydrogen-bond acceptors (Lipinski definition) is 4. The first-order chi connectivity index (χ1) is 7.68. The van der Waals surface area contributed by atoms with E-state index in [-0.39, 0.29) is 0 Å². The molecule has 0 amide bonds. The van der Waals surface area contributed by atoms with Gasteiger partial charge in [0, 0.05) is 6.54 Å². The van der Waals surface area contributed by atoms with E-state index in [1.54, 1.807) is 0 Å². The van der Waals surface area contributed by atoms with Crippen LogP contribution in [-0.4, -0.2) is 29.8 Å². The average molecular weight is 220 g/mol. The lowest BCUT2D eigenvalue weighted by Gasteiger charge is -2.34. The predicted molar refractivity (Wildman–Crippen MR) is 65.5 cm³/mol. The third-order valence-electron chi connectivity index (χ3n) is 3.30. The van der Waals surface area contributed by atoms with Crippen molar-refractivity contribution in [2.45, 2.75) is 26.7 Å². The van der Waals surface area contributed by atoms with E-state index in [4.69, 9.17) is 0 Å². The molecule has 0 bridgehead atoms. The lowest BCUT2D eigenvalue weighted by Crippen LogP contribution is -2.39. The van der Waals surface area contributed by atoms with Crippen molar-refractivity contribution < 1.29 is 0 Å². The van der Waals surface area contributed by atoms with E-state index in [0.717, 1.165) is 31.1 Å². The highest BCUT2D eigenvalue weighted by atomic mass is 15.2. The summed E-state index contributed by atoms with van der Waals surface area (Å²) in [7, 11) is 0. The SMILES string of the molecule is Cc1ccc(NCC2(C)CCNCC2)nn1. The summed E-state index contributed by atoms with van der Waals surface area (Å²) in [6, 6.07) is 3.98. The van der Waals surface area contributed by atoms with Gasteiger partial charge in [-0.3, -0.25) is 0 Å². The van der Waals surface area contributed by atoms with Crippen LogP contribution in [0.15, 0.2) is 12.1 Å². The predicted octanol–water partition coefficient (Wildman–Crippen LogP) is 1.59. The summed E-state index contributed by atoms with van der Waals surface area (Å²) in [6.07, 6.45) is 2.44. The fourth-order valence-corrected chi connectivity index (χ4v) is 2.00. The van der Waals surface area contributed by atoms with Crippen molar-refractivity contribution in [2.24, 2.45) is 5.41 Å². The first-order valence-electron chi connectivity index (χ1n) is 5.93. The molecule has 4 nitrogen and oxygen atoms in total. The van der Waals surface area contributed by atoms with E-state index in [9.17, 15) is 0 Å². The van der Waals surface area contributed by atoms with Crippen LogP contribution in [0.5, 0.6) is 0 Å². The highest BCUT2D eigenvalue weighted by Gasteiger charge is 2.26. The Labute approximate surface area is 96.9 Å². The zero-order valence-electron chi connectivity index (χ0n) is 10.1. The molecule has 0 saturated carbocycles. The largest absolute Gasteiger partial charge is 0.368 e. The summed E-state index contributed by atoms with van der Waals surface area (Å²) in [6.45, 7) is 7.51. The smallest absolute Gasteiger partial charge is 0.148 e. The first kappa shape index (κ1) is 11.3. The van der Waals surface area contributed by atoms with Gasteiger partial charge < -0.3 is 10.6 Å². The summed E-state index contributed by atoms with van der Waals surface area (Å²) in [5.74, 6) is 0.880. The maximum atomic E-state index is 4.12. The molecule has 0 unspecified atom stereocenters. The van der Waals surface area contributed by atoms with Gasteiger partial charge in [0.15, 0.2) is 0 Å². The second-order valence-corrected chi connectivity index (χ2v) is 4.97. The van der Waals surface area contributed by atoms with E-state index in [1.807, 2.05) is 19.1 Å². The summed E-state index contributed by atoms with van der Waals surface area (Å²) in [5.41, 5.74) is 1.34. The highest BCUT2D eigenvalue weighted by Crippen LogP contribution is 2.27. The van der Waals surface area contributed by atoms with Crippen LogP contribution in [0.3, 0.4) is 0 Å². The number of anilines is 1. The second kappa shape index (κ2) is 4.78. The molecule has 4 heteroatoms. The third kappa shape index (κ3) is 2.92. The van der Waals surface area contributed by atoms with Gasteiger partial charge in [-0.2, -0.15) is 5.10 Å². The van der Waals surface area contributed by atoms with Crippen molar-refractivity contribution in [3.05, 3.63) is 17.8 Å². The monoisotopic (exact) mass is 220 g/mol. The Morgan fingerprint density at radius 3 is 2.69 bits per heavy atom. The van der Waals surface area contributed by atoms with Crippen LogP contribution in [0.25, 0.3) is 0 Å². The van der Waals surface area contributed by atoms with Crippen LogP contribution in [0.2, 0.25) is 0 Å². The normalized spacial score (nSPS) is 19.4. The Morgan fingerprint density at radius 2 is 2.06 bits per heavy atom. The summed E-state index contributed by atoms with van der Waals surface area (Å²) < 4.78 is 0. The van der Waals surface area contributed by atoms with Crippen LogP contribution in [0.1, 0.15) is 25.5 Å². The summed E-state index contributed by atoms with van der Waals surface area (Å²) in [5, 5.41) is 14.9. The van der Waals surface area contributed by atoms with Crippen molar-refractivity contribution >= 4 is 5.82 Å². The maximum Gasteiger partial charge on any atom is 0.148 e. The molecule has 0 aliphatic carbocycles. The Morgan fingerprint density at radius 1 is 1.31 bits per heavy atom. The number of aromatic nitrogens is 2. The molecule has 2 heterocycles. The molecule has 1 saturated heterocycles. The molecule has 16 heavy (non-hydrogen) atoms. The highest BCUT2D eigenvalue weighted by molar-refractivity contribution is 5.33. The van der Waals surface area contributed by atoms with Crippen LogP contribution >= 0.6 is 0 Å². The molecule has 1 aliphatic rings. The number of piperidine rings is 1. The molecular formula is C12H20N4. The molecule has 1 aliphatic heterocycles. The van der Waals surface area contributed by atoms with Gasteiger partial charge >= 0.3 is 0 Å². The summed E-state index contributed by atoms with van der Waals surface area (Å²) in [4.78, 5) is 0. The van der Waals surface area contributed by atoms with E-state index in [1.165, 1.54) is 12.8 Å². The van der Waals surface area contributed by atoms with Crippen LogP contribution in [0, 0.1) is 12.3 Å². The average Bonchev–Trinajstić information content (AvgIpc) is 2.29. The van der Waals surface area contributed by atoms with Gasteiger partial charge in [-0.15, -0.1) is 5.10 Å². The Kier molecular flexibility index (Phi) is 3.39. The van der Waals surface area contributed by atoms with Crippen molar-refractivity contribution in [1.82, 2.24) is 15.5 Å². The minimum Gasteiger partial charge on any atom is -0.368 e. The van der Waals surface area contributed by atoms with Gasteiger partial charge in [0.1, 0.15) is 5.82 Å². The van der Waals surface area contributed by atoms with Gasteiger partial charge in [0.25, 0.3) is 0 Å². The van der Waals surface area contributed by atoms with Crippen molar-refractivity contribution in [3.8, 4) is 0 Å². The fraction of sp³-hybridized carbons (Fsp3) is 0.667. The molecule has 0 aromatic carbocycles. The maximum absolute atomic E-state index is 4.12. The lowest BCUT2D eigenvalue weighted by molar-refractivity contribution is 0.247. The van der Waals surface area contributed by atoms with Crippen LogP contribution < -0.4 is 10.6 Å². The lowest BCUT2D eigenvalue weighted by atomic mass is 9.81. The van der Waals surface area contributed by atoms with E-state index in [2.05, 4.69) is 27.8 Å². The number of nitrogens with zero attached hydrogens (tertiary/aromatic N) is 2. The minimum atomic E-state index is 0.387.